The lowest BCUT2D eigenvalue weighted by Crippen LogP contribution is -2.36. The lowest BCUT2D eigenvalue weighted by molar-refractivity contribution is -0.116. The number of hydrogen-bond donors (Lipinski definition) is 1. The van der Waals surface area contributed by atoms with Gasteiger partial charge in [0.1, 0.15) is 0 Å². The van der Waals surface area contributed by atoms with Crippen LogP contribution in [0.1, 0.15) is 31.7 Å². The fourth-order valence-electron chi connectivity index (χ4n) is 2.71. The molecule has 1 saturated heterocycles. The molecule has 2 rings (SSSR count). The van der Waals surface area contributed by atoms with Crippen LogP contribution in [0.3, 0.4) is 0 Å². The molecule has 0 aromatic carbocycles. The Kier molecular flexibility index (Phi) is 6.41. The van der Waals surface area contributed by atoms with Gasteiger partial charge < -0.3 is 10.2 Å². The smallest absolute Gasteiger partial charge is 0.244 e. The van der Waals surface area contributed by atoms with Gasteiger partial charge in [0.15, 0.2) is 0 Å². The topological polar surface area (TPSA) is 45.2 Å². The van der Waals surface area contributed by atoms with Gasteiger partial charge in [-0.15, -0.1) is 0 Å². The molecule has 0 aliphatic carbocycles. The summed E-state index contributed by atoms with van der Waals surface area (Å²) in [5.41, 5.74) is 0.940. The number of aromatic nitrogens is 1. The molecule has 1 atom stereocenters. The normalized spacial score (nSPS) is 19.8. The minimum Gasteiger partial charge on any atom is -0.353 e. The minimum absolute atomic E-state index is 0.0362. The first-order chi connectivity index (χ1) is 10.2. The highest BCUT2D eigenvalue weighted by atomic mass is 16.1. The average molecular weight is 287 g/mol. The van der Waals surface area contributed by atoms with Crippen molar-refractivity contribution in [2.45, 2.75) is 26.2 Å². The summed E-state index contributed by atoms with van der Waals surface area (Å²) >= 11 is 0. The first-order valence-electron chi connectivity index (χ1n) is 7.82. The molecule has 2 heterocycles. The van der Waals surface area contributed by atoms with Crippen molar-refractivity contribution in [3.8, 4) is 0 Å². The van der Waals surface area contributed by atoms with Gasteiger partial charge in [-0.05, 0) is 56.0 Å². The molecule has 0 radical (unpaired) electrons. The van der Waals surface area contributed by atoms with E-state index in [2.05, 4.69) is 22.1 Å². The van der Waals surface area contributed by atoms with Gasteiger partial charge in [-0.25, -0.2) is 0 Å². The first-order valence-corrected chi connectivity index (χ1v) is 7.82. The highest BCUT2D eigenvalue weighted by molar-refractivity contribution is 5.91. The van der Waals surface area contributed by atoms with Crippen molar-refractivity contribution in [2.24, 2.45) is 5.92 Å². The SMILES string of the molecule is CC1CCCN(CCCNC(=O)C=Cc2cccnc2)C1. The van der Waals surface area contributed by atoms with Gasteiger partial charge in [0.05, 0.1) is 0 Å². The molecule has 1 fully saturated rings. The van der Waals surface area contributed by atoms with E-state index >= 15 is 0 Å². The molecule has 1 aromatic heterocycles. The lowest BCUT2D eigenvalue weighted by Gasteiger charge is -2.30. The Hall–Kier alpha value is -1.68. The number of amides is 1. The number of nitrogens with one attached hydrogen (secondary N) is 1. The van der Waals surface area contributed by atoms with E-state index in [-0.39, 0.29) is 5.91 Å². The molecular formula is C17H25N3O. The zero-order chi connectivity index (χ0) is 14.9. The third-order valence-electron chi connectivity index (χ3n) is 3.80. The van der Waals surface area contributed by atoms with Crippen LogP contribution in [0, 0.1) is 5.92 Å². The maximum Gasteiger partial charge on any atom is 0.244 e. The average Bonchev–Trinajstić information content (AvgIpc) is 2.51. The van der Waals surface area contributed by atoms with Gasteiger partial charge >= 0.3 is 0 Å². The van der Waals surface area contributed by atoms with Crippen molar-refractivity contribution < 1.29 is 4.79 Å². The van der Waals surface area contributed by atoms with Crippen molar-refractivity contribution in [2.75, 3.05) is 26.2 Å². The van der Waals surface area contributed by atoms with Crippen LogP contribution in [0.15, 0.2) is 30.6 Å². The number of nitrogens with zero attached hydrogens (tertiary/aromatic N) is 2. The third-order valence-corrected chi connectivity index (χ3v) is 3.80. The van der Waals surface area contributed by atoms with Crippen LogP contribution < -0.4 is 5.32 Å². The van der Waals surface area contributed by atoms with Crippen molar-refractivity contribution >= 4 is 12.0 Å². The van der Waals surface area contributed by atoms with Crippen molar-refractivity contribution in [3.63, 3.8) is 0 Å². The number of hydrogen-bond acceptors (Lipinski definition) is 3. The largest absolute Gasteiger partial charge is 0.353 e. The molecule has 1 aromatic rings. The quantitative estimate of drug-likeness (QED) is 0.645. The molecule has 1 aliphatic rings. The van der Waals surface area contributed by atoms with E-state index in [1.807, 2.05) is 12.1 Å². The first kappa shape index (κ1) is 15.7. The van der Waals surface area contributed by atoms with Crippen LogP contribution in [0.5, 0.6) is 0 Å². The van der Waals surface area contributed by atoms with Gasteiger partial charge in [0, 0.05) is 31.6 Å². The monoisotopic (exact) mass is 287 g/mol. The number of rotatable bonds is 6. The van der Waals surface area contributed by atoms with E-state index in [4.69, 9.17) is 0 Å². The number of carbonyl (C=O) groups is 1. The maximum absolute atomic E-state index is 11.7. The van der Waals surface area contributed by atoms with Crippen molar-refractivity contribution in [1.29, 1.82) is 0 Å². The van der Waals surface area contributed by atoms with E-state index in [9.17, 15) is 4.79 Å². The van der Waals surface area contributed by atoms with E-state index in [1.165, 1.54) is 25.9 Å². The summed E-state index contributed by atoms with van der Waals surface area (Å²) in [6.07, 6.45) is 10.5. The van der Waals surface area contributed by atoms with Crippen LogP contribution >= 0.6 is 0 Å². The predicted molar refractivity (Wildman–Crippen MR) is 85.7 cm³/mol. The molecule has 4 nitrogen and oxygen atoms in total. The summed E-state index contributed by atoms with van der Waals surface area (Å²) in [4.78, 5) is 18.2. The fraction of sp³-hybridized carbons (Fsp3) is 0.529. The molecule has 0 spiro atoms. The zero-order valence-corrected chi connectivity index (χ0v) is 12.8. The molecule has 1 N–H and O–H groups in total. The molecule has 114 valence electrons. The Balaban J connectivity index is 1.60. The van der Waals surface area contributed by atoms with E-state index < -0.39 is 0 Å². The Morgan fingerprint density at radius 1 is 1.57 bits per heavy atom. The molecule has 1 amide bonds. The highest BCUT2D eigenvalue weighted by Gasteiger charge is 2.15. The Morgan fingerprint density at radius 2 is 2.48 bits per heavy atom. The van der Waals surface area contributed by atoms with Crippen LogP contribution in [-0.4, -0.2) is 42.0 Å². The number of pyridine rings is 1. The standard InChI is InChI=1S/C17H25N3O/c1-15-5-3-11-20(14-15)12-4-10-19-17(21)8-7-16-6-2-9-18-13-16/h2,6-9,13,15H,3-5,10-12,14H2,1H3,(H,19,21). The Morgan fingerprint density at radius 3 is 3.24 bits per heavy atom. The summed E-state index contributed by atoms with van der Waals surface area (Å²) in [5.74, 6) is 0.779. The lowest BCUT2D eigenvalue weighted by atomic mass is 10.0. The second-order valence-electron chi connectivity index (χ2n) is 5.81. The summed E-state index contributed by atoms with van der Waals surface area (Å²) in [6.45, 7) is 6.54. The van der Waals surface area contributed by atoms with E-state index in [1.54, 1.807) is 24.5 Å². The molecule has 21 heavy (non-hydrogen) atoms. The van der Waals surface area contributed by atoms with Gasteiger partial charge in [0.2, 0.25) is 5.91 Å². The van der Waals surface area contributed by atoms with Crippen molar-refractivity contribution in [3.05, 3.63) is 36.2 Å². The van der Waals surface area contributed by atoms with Crippen molar-refractivity contribution in [1.82, 2.24) is 15.2 Å². The molecular weight excluding hydrogens is 262 g/mol. The van der Waals surface area contributed by atoms with Crippen LogP contribution in [0.4, 0.5) is 0 Å². The van der Waals surface area contributed by atoms with E-state index in [0.717, 1.165) is 31.0 Å². The van der Waals surface area contributed by atoms with Crippen LogP contribution in [0.25, 0.3) is 6.08 Å². The molecule has 0 saturated carbocycles. The molecule has 0 bridgehead atoms. The van der Waals surface area contributed by atoms with Gasteiger partial charge in [-0.1, -0.05) is 13.0 Å². The summed E-state index contributed by atoms with van der Waals surface area (Å²) < 4.78 is 0. The minimum atomic E-state index is -0.0362. The number of likely N-dealkylation sites (tertiary alicyclic amines) is 1. The van der Waals surface area contributed by atoms with Gasteiger partial charge in [0.25, 0.3) is 0 Å². The molecule has 1 aliphatic heterocycles. The number of carbonyl (C=O) groups excluding carboxylic acids is 1. The highest BCUT2D eigenvalue weighted by Crippen LogP contribution is 2.15. The van der Waals surface area contributed by atoms with Crippen LogP contribution in [-0.2, 0) is 4.79 Å². The molecule has 4 heteroatoms. The molecule has 1 unspecified atom stereocenters. The Labute approximate surface area is 127 Å². The van der Waals surface area contributed by atoms with Gasteiger partial charge in [-0.2, -0.15) is 0 Å². The van der Waals surface area contributed by atoms with Gasteiger partial charge in [-0.3, -0.25) is 9.78 Å². The maximum atomic E-state index is 11.7. The van der Waals surface area contributed by atoms with E-state index in [0.29, 0.717) is 0 Å². The fourth-order valence-corrected chi connectivity index (χ4v) is 2.71. The summed E-state index contributed by atoms with van der Waals surface area (Å²) in [6, 6.07) is 3.78. The predicted octanol–water partition coefficient (Wildman–Crippen LogP) is 2.33. The third kappa shape index (κ3) is 6.08. The summed E-state index contributed by atoms with van der Waals surface area (Å²) in [5, 5.41) is 2.93. The second-order valence-corrected chi connectivity index (χ2v) is 5.81. The Bertz CT molecular complexity index is 458. The number of piperidine rings is 1. The zero-order valence-electron chi connectivity index (χ0n) is 12.8. The summed E-state index contributed by atoms with van der Waals surface area (Å²) in [7, 11) is 0. The van der Waals surface area contributed by atoms with Crippen LogP contribution in [0.2, 0.25) is 0 Å². The second kappa shape index (κ2) is 8.57.